The number of aromatic amines is 1. The van der Waals surface area contributed by atoms with Crippen molar-refractivity contribution in [3.63, 3.8) is 0 Å². The van der Waals surface area contributed by atoms with Crippen LogP contribution in [-0.4, -0.2) is 93.8 Å². The molecular formula is C33H40ClFN8O. The minimum atomic E-state index is -0.478. The first-order valence-electron chi connectivity index (χ1n) is 15.5. The summed E-state index contributed by atoms with van der Waals surface area (Å²) in [6, 6.07) is 6.72. The number of piperazine rings is 1. The summed E-state index contributed by atoms with van der Waals surface area (Å²) in [6.07, 6.45) is 5.57. The van der Waals surface area contributed by atoms with Gasteiger partial charge in [-0.3, -0.25) is 14.8 Å². The van der Waals surface area contributed by atoms with Gasteiger partial charge in [0, 0.05) is 72.7 Å². The second-order valence-electron chi connectivity index (χ2n) is 11.9. The Morgan fingerprint density at radius 1 is 1.11 bits per heavy atom. The fraction of sp³-hybridized carbons (Fsp3) is 0.455. The Kier molecular flexibility index (Phi) is 8.24. The molecule has 1 saturated carbocycles. The number of hydrogen-bond acceptors (Lipinski definition) is 7. The molecule has 1 aliphatic carbocycles. The summed E-state index contributed by atoms with van der Waals surface area (Å²) < 4.78 is 16.8. The summed E-state index contributed by atoms with van der Waals surface area (Å²) in [7, 11) is 2.18. The Balaban J connectivity index is 0.00000168. The van der Waals surface area contributed by atoms with Gasteiger partial charge in [-0.25, -0.2) is 9.37 Å². The van der Waals surface area contributed by atoms with E-state index in [2.05, 4.69) is 38.5 Å². The van der Waals surface area contributed by atoms with Gasteiger partial charge in [0.25, 0.3) is 0 Å². The van der Waals surface area contributed by atoms with Gasteiger partial charge in [0.2, 0.25) is 11.9 Å². The van der Waals surface area contributed by atoms with Crippen LogP contribution >= 0.6 is 11.6 Å². The maximum atomic E-state index is 16.8. The predicted octanol–water partition coefficient (Wildman–Crippen LogP) is 5.81. The van der Waals surface area contributed by atoms with E-state index in [0.717, 1.165) is 29.6 Å². The van der Waals surface area contributed by atoms with Crippen LogP contribution in [0.15, 0.2) is 37.1 Å². The first-order chi connectivity index (χ1) is 21.2. The smallest absolute Gasteiger partial charge is 0.246 e. The minimum absolute atomic E-state index is 0.0708. The van der Waals surface area contributed by atoms with Gasteiger partial charge in [0.05, 0.1) is 16.7 Å². The van der Waals surface area contributed by atoms with Crippen LogP contribution in [0.1, 0.15) is 39.2 Å². The fourth-order valence-electron chi connectivity index (χ4n) is 6.47. The number of amides is 1. The normalized spacial score (nSPS) is 18.9. The van der Waals surface area contributed by atoms with Crippen LogP contribution in [0.3, 0.4) is 0 Å². The summed E-state index contributed by atoms with van der Waals surface area (Å²) in [5, 5.41) is 8.93. The van der Waals surface area contributed by atoms with Crippen molar-refractivity contribution in [2.24, 2.45) is 0 Å². The third-order valence-electron chi connectivity index (χ3n) is 9.16. The average Bonchev–Trinajstić information content (AvgIpc) is 3.75. The van der Waals surface area contributed by atoms with Crippen molar-refractivity contribution in [3.05, 3.63) is 53.5 Å². The SMILES string of the molecule is C=CC(=O)N1CCN(c2nc(N3CC(N(C)C4CC4)C3)nc3c(F)c(-c4c(C)ccc5cn[nH]c45)c(Cl)cc23)CC1C.CC. The maximum absolute atomic E-state index is 16.8. The number of hydrogen-bond donors (Lipinski definition) is 1. The minimum Gasteiger partial charge on any atom is -0.352 e. The lowest BCUT2D eigenvalue weighted by Gasteiger charge is -2.45. The summed E-state index contributed by atoms with van der Waals surface area (Å²) >= 11 is 6.91. The molecule has 2 aromatic heterocycles. The molecule has 11 heteroatoms. The Hall–Kier alpha value is -3.76. The zero-order chi connectivity index (χ0) is 31.3. The molecule has 0 spiro atoms. The number of nitrogens with one attached hydrogen (secondary N) is 1. The van der Waals surface area contributed by atoms with Crippen LogP contribution in [0.2, 0.25) is 5.02 Å². The third-order valence-corrected chi connectivity index (χ3v) is 9.45. The molecule has 1 N–H and O–H groups in total. The largest absolute Gasteiger partial charge is 0.352 e. The maximum Gasteiger partial charge on any atom is 0.246 e. The van der Waals surface area contributed by atoms with Crippen LogP contribution in [0.5, 0.6) is 0 Å². The Bertz CT molecular complexity index is 1730. The van der Waals surface area contributed by atoms with Crippen molar-refractivity contribution in [1.82, 2.24) is 30.0 Å². The molecule has 2 saturated heterocycles. The number of carbonyl (C=O) groups is 1. The number of likely N-dealkylation sites (N-methyl/N-ethyl adjacent to an activating group) is 1. The van der Waals surface area contributed by atoms with E-state index in [1.165, 1.54) is 18.9 Å². The molecule has 9 nitrogen and oxygen atoms in total. The van der Waals surface area contributed by atoms with Crippen LogP contribution in [0.25, 0.3) is 32.9 Å². The molecule has 1 amide bonds. The monoisotopic (exact) mass is 618 g/mol. The molecule has 44 heavy (non-hydrogen) atoms. The molecule has 0 bridgehead atoms. The number of carbonyl (C=O) groups excluding carboxylic acids is 1. The molecule has 7 rings (SSSR count). The van der Waals surface area contributed by atoms with E-state index in [4.69, 9.17) is 21.6 Å². The van der Waals surface area contributed by atoms with Gasteiger partial charge >= 0.3 is 0 Å². The topological polar surface area (TPSA) is 84.5 Å². The van der Waals surface area contributed by atoms with Gasteiger partial charge in [-0.05, 0) is 51.4 Å². The number of aryl methyl sites for hydroxylation is 1. The highest BCUT2D eigenvalue weighted by molar-refractivity contribution is 6.35. The third kappa shape index (κ3) is 5.17. The molecule has 1 atom stereocenters. The zero-order valence-corrected chi connectivity index (χ0v) is 26.8. The quantitative estimate of drug-likeness (QED) is 0.273. The second-order valence-corrected chi connectivity index (χ2v) is 12.3. The molecule has 2 aliphatic heterocycles. The van der Waals surface area contributed by atoms with E-state index in [1.54, 1.807) is 17.2 Å². The lowest BCUT2D eigenvalue weighted by Crippen LogP contribution is -2.59. The molecule has 3 aliphatic rings. The van der Waals surface area contributed by atoms with Crippen molar-refractivity contribution >= 4 is 51.1 Å². The van der Waals surface area contributed by atoms with E-state index >= 15 is 4.39 Å². The summed E-state index contributed by atoms with van der Waals surface area (Å²) in [5.41, 5.74) is 2.83. The number of fused-ring (bicyclic) bond motifs is 2. The van der Waals surface area contributed by atoms with Crippen LogP contribution in [0.4, 0.5) is 16.2 Å². The molecule has 4 aromatic rings. The highest BCUT2D eigenvalue weighted by Gasteiger charge is 2.39. The number of anilines is 2. The van der Waals surface area contributed by atoms with Crippen LogP contribution in [0, 0.1) is 12.7 Å². The van der Waals surface area contributed by atoms with Crippen molar-refractivity contribution in [3.8, 4) is 11.1 Å². The van der Waals surface area contributed by atoms with Gasteiger partial charge < -0.3 is 14.7 Å². The molecule has 232 valence electrons. The van der Waals surface area contributed by atoms with Crippen LogP contribution < -0.4 is 9.80 Å². The summed E-state index contributed by atoms with van der Waals surface area (Å²) in [6.45, 7) is 14.8. The van der Waals surface area contributed by atoms with Crippen molar-refractivity contribution in [2.45, 2.75) is 58.7 Å². The van der Waals surface area contributed by atoms with E-state index in [0.29, 0.717) is 60.0 Å². The van der Waals surface area contributed by atoms with Crippen molar-refractivity contribution in [1.29, 1.82) is 0 Å². The van der Waals surface area contributed by atoms with E-state index in [-0.39, 0.29) is 22.5 Å². The first-order valence-corrected chi connectivity index (χ1v) is 15.9. The molecule has 3 fully saturated rings. The van der Waals surface area contributed by atoms with Gasteiger partial charge in [0.15, 0.2) is 5.82 Å². The molecule has 0 radical (unpaired) electrons. The highest BCUT2D eigenvalue weighted by atomic mass is 35.5. The van der Waals surface area contributed by atoms with Gasteiger partial charge in [-0.15, -0.1) is 0 Å². The highest BCUT2D eigenvalue weighted by Crippen LogP contribution is 2.42. The van der Waals surface area contributed by atoms with Gasteiger partial charge in [0.1, 0.15) is 11.3 Å². The predicted molar refractivity (Wildman–Crippen MR) is 176 cm³/mol. The molecule has 1 unspecified atom stereocenters. The van der Waals surface area contributed by atoms with Gasteiger partial charge in [-0.1, -0.05) is 44.2 Å². The Labute approximate surface area is 262 Å². The number of benzene rings is 2. The number of halogens is 2. The van der Waals surface area contributed by atoms with Crippen LogP contribution in [-0.2, 0) is 4.79 Å². The number of rotatable bonds is 6. The lowest BCUT2D eigenvalue weighted by atomic mass is 9.96. The van der Waals surface area contributed by atoms with E-state index < -0.39 is 5.82 Å². The van der Waals surface area contributed by atoms with E-state index in [1.807, 2.05) is 39.8 Å². The molecular weight excluding hydrogens is 579 g/mol. The lowest BCUT2D eigenvalue weighted by molar-refractivity contribution is -0.128. The van der Waals surface area contributed by atoms with Gasteiger partial charge in [-0.2, -0.15) is 10.1 Å². The molecule has 4 heterocycles. The zero-order valence-electron chi connectivity index (χ0n) is 26.1. The number of nitrogens with zero attached hydrogens (tertiary/aromatic N) is 7. The summed E-state index contributed by atoms with van der Waals surface area (Å²) in [5.74, 6) is 0.575. The Morgan fingerprint density at radius 2 is 1.86 bits per heavy atom. The fourth-order valence-corrected chi connectivity index (χ4v) is 6.76. The second kappa shape index (κ2) is 12.0. The first kappa shape index (κ1) is 30.3. The van der Waals surface area contributed by atoms with E-state index in [9.17, 15) is 4.79 Å². The standard InChI is InChI=1S/C31H34ClFN8O.C2H6/c1-5-24(42)41-11-10-39(14-18(41)3)30-22-12-23(32)26(25-17(2)6-7-19-13-34-37-28(19)25)27(33)29(22)35-31(36-30)40-15-21(16-40)38(4)20-8-9-20;1-2/h5-7,12-13,18,20-21H,1,8-11,14-16H2,2-4H3,(H,34,37);1-2H3. The Morgan fingerprint density at radius 3 is 2.55 bits per heavy atom. The van der Waals surface area contributed by atoms with Crippen molar-refractivity contribution in [2.75, 3.05) is 49.6 Å². The average molecular weight is 619 g/mol. The number of H-pyrrole nitrogens is 1. The van der Waals surface area contributed by atoms with Crippen molar-refractivity contribution < 1.29 is 9.18 Å². The summed E-state index contributed by atoms with van der Waals surface area (Å²) in [4.78, 5) is 30.8. The molecule has 2 aromatic carbocycles. The number of aromatic nitrogens is 4.